The van der Waals surface area contributed by atoms with Gasteiger partial charge in [0.1, 0.15) is 11.6 Å². The lowest BCUT2D eigenvalue weighted by atomic mass is 9.94. The predicted molar refractivity (Wildman–Crippen MR) is 122 cm³/mol. The van der Waals surface area contributed by atoms with Gasteiger partial charge >= 0.3 is 0 Å². The summed E-state index contributed by atoms with van der Waals surface area (Å²) >= 11 is 1.38. The molecule has 2 N–H and O–H groups in total. The zero-order valence-electron chi connectivity index (χ0n) is 18.9. The highest BCUT2D eigenvalue weighted by molar-refractivity contribution is 8.00. The number of hydrogen-bond acceptors (Lipinski definition) is 7. The van der Waals surface area contributed by atoms with Crippen molar-refractivity contribution >= 4 is 23.5 Å². The third kappa shape index (κ3) is 4.09. The van der Waals surface area contributed by atoms with Crippen molar-refractivity contribution in [3.8, 4) is 17.2 Å². The van der Waals surface area contributed by atoms with Gasteiger partial charge in [0.2, 0.25) is 5.91 Å². The van der Waals surface area contributed by atoms with Gasteiger partial charge in [-0.1, -0.05) is 0 Å². The summed E-state index contributed by atoms with van der Waals surface area (Å²) in [7, 11) is 4.68. The molecular formula is C22H29N3O6S. The minimum atomic E-state index is -0.434. The highest BCUT2D eigenvalue weighted by atomic mass is 32.2. The first-order chi connectivity index (χ1) is 15.3. The normalized spacial score (nSPS) is 22.5. The van der Waals surface area contributed by atoms with Crippen LogP contribution in [0.2, 0.25) is 0 Å². The lowest BCUT2D eigenvalue weighted by molar-refractivity contribution is -0.113. The van der Waals surface area contributed by atoms with Gasteiger partial charge in [0, 0.05) is 18.2 Å². The fourth-order valence-electron chi connectivity index (χ4n) is 4.44. The zero-order chi connectivity index (χ0) is 23.0. The van der Waals surface area contributed by atoms with Crippen molar-refractivity contribution in [2.75, 3.05) is 39.0 Å². The zero-order valence-corrected chi connectivity index (χ0v) is 19.8. The van der Waals surface area contributed by atoms with Crippen LogP contribution in [0.5, 0.6) is 17.2 Å². The number of benzene rings is 1. The molecule has 2 aliphatic rings. The fourth-order valence-corrected chi connectivity index (χ4v) is 5.58. The molecule has 32 heavy (non-hydrogen) atoms. The van der Waals surface area contributed by atoms with Crippen molar-refractivity contribution < 1.29 is 23.7 Å². The molecule has 0 saturated carbocycles. The van der Waals surface area contributed by atoms with Gasteiger partial charge < -0.3 is 24.3 Å². The highest BCUT2D eigenvalue weighted by Crippen LogP contribution is 2.47. The Bertz CT molecular complexity index is 1080. The molecule has 1 saturated heterocycles. The van der Waals surface area contributed by atoms with Crippen molar-refractivity contribution in [3.63, 3.8) is 0 Å². The number of methoxy groups -OCH3 is 3. The molecule has 174 valence electrons. The molecule has 3 heterocycles. The number of amides is 1. The molecule has 9 nitrogen and oxygen atoms in total. The molecule has 1 fully saturated rings. The number of ether oxygens (including phenoxy) is 4. The van der Waals surface area contributed by atoms with Crippen molar-refractivity contribution in [1.82, 2.24) is 9.78 Å². The SMILES string of the molecule is COc1cc(OC)c([C@H]2SCC(=O)Nc3c2c(=O)[nH]n3[C@H]2CCOC(C)(C)C2)cc1OC. The van der Waals surface area contributed by atoms with E-state index in [9.17, 15) is 9.59 Å². The molecule has 0 radical (unpaired) electrons. The van der Waals surface area contributed by atoms with Crippen LogP contribution in [0.25, 0.3) is 0 Å². The van der Waals surface area contributed by atoms with E-state index in [0.717, 1.165) is 18.4 Å². The first kappa shape index (κ1) is 22.6. The Morgan fingerprint density at radius 1 is 1.09 bits per heavy atom. The Morgan fingerprint density at radius 2 is 1.78 bits per heavy atom. The standard InChI is InChI=1S/C22H29N3O6S/c1-22(2)10-12(6-7-31-22)25-20-18(21(27)24-25)19(32-11-17(26)23-20)13-8-15(29-4)16(30-5)9-14(13)28-3/h8-9,12,19H,6-7,10-11H2,1-5H3,(H,23,26)(H,24,27)/t12-,19+/m0/s1. The number of fused-ring (bicyclic) bond motifs is 1. The van der Waals surface area contributed by atoms with Crippen LogP contribution in [0.15, 0.2) is 16.9 Å². The number of thioether (sulfide) groups is 1. The molecule has 0 aliphatic carbocycles. The Kier molecular flexibility index (Phi) is 6.17. The largest absolute Gasteiger partial charge is 0.496 e. The number of rotatable bonds is 5. The maximum absolute atomic E-state index is 13.2. The maximum Gasteiger partial charge on any atom is 0.270 e. The molecule has 1 amide bonds. The van der Waals surface area contributed by atoms with E-state index in [1.807, 2.05) is 24.6 Å². The number of H-pyrrole nitrogens is 1. The summed E-state index contributed by atoms with van der Waals surface area (Å²) in [5.74, 6) is 2.16. The second-order valence-electron chi connectivity index (χ2n) is 8.52. The molecule has 1 aromatic carbocycles. The van der Waals surface area contributed by atoms with Crippen LogP contribution in [0.4, 0.5) is 5.82 Å². The number of nitrogens with zero attached hydrogens (tertiary/aromatic N) is 1. The smallest absolute Gasteiger partial charge is 0.270 e. The van der Waals surface area contributed by atoms with Crippen LogP contribution in [0.3, 0.4) is 0 Å². The van der Waals surface area contributed by atoms with Crippen molar-refractivity contribution in [2.45, 2.75) is 43.6 Å². The number of aromatic amines is 1. The molecule has 2 aliphatic heterocycles. The van der Waals surface area contributed by atoms with Crippen LogP contribution in [0, 0.1) is 0 Å². The van der Waals surface area contributed by atoms with Gasteiger partial charge in [-0.2, -0.15) is 0 Å². The number of aromatic nitrogens is 2. The van der Waals surface area contributed by atoms with E-state index in [1.165, 1.54) is 11.8 Å². The van der Waals surface area contributed by atoms with Crippen molar-refractivity contribution in [1.29, 1.82) is 0 Å². The minimum Gasteiger partial charge on any atom is -0.496 e. The van der Waals surface area contributed by atoms with Crippen LogP contribution < -0.4 is 25.1 Å². The lowest BCUT2D eigenvalue weighted by Crippen LogP contribution is -2.36. The van der Waals surface area contributed by atoms with E-state index in [0.29, 0.717) is 35.2 Å². The van der Waals surface area contributed by atoms with Crippen LogP contribution in [0.1, 0.15) is 49.1 Å². The van der Waals surface area contributed by atoms with Gasteiger partial charge in [-0.15, -0.1) is 11.8 Å². The summed E-state index contributed by atoms with van der Waals surface area (Å²) in [5, 5.41) is 5.51. The molecule has 2 atom stereocenters. The Hall–Kier alpha value is -2.59. The maximum atomic E-state index is 13.2. The topological polar surface area (TPSA) is 104 Å². The van der Waals surface area contributed by atoms with Crippen molar-refractivity contribution in [2.24, 2.45) is 0 Å². The van der Waals surface area contributed by atoms with E-state index in [-0.39, 0.29) is 28.9 Å². The monoisotopic (exact) mass is 463 g/mol. The average Bonchev–Trinajstić information content (AvgIpc) is 2.97. The summed E-state index contributed by atoms with van der Waals surface area (Å²) < 4.78 is 24.2. The molecule has 1 aromatic heterocycles. The van der Waals surface area contributed by atoms with Gasteiger partial charge in [0.25, 0.3) is 5.56 Å². The molecule has 0 unspecified atom stereocenters. The van der Waals surface area contributed by atoms with Gasteiger partial charge in [-0.3, -0.25) is 19.4 Å². The molecule has 0 spiro atoms. The fraction of sp³-hybridized carbons (Fsp3) is 0.545. The molecule has 4 rings (SSSR count). The summed E-state index contributed by atoms with van der Waals surface area (Å²) in [5.41, 5.74) is 0.687. The number of carbonyl (C=O) groups is 1. The number of nitrogens with one attached hydrogen (secondary N) is 2. The molecular weight excluding hydrogens is 434 g/mol. The van der Waals surface area contributed by atoms with E-state index in [4.69, 9.17) is 18.9 Å². The van der Waals surface area contributed by atoms with E-state index in [1.54, 1.807) is 27.4 Å². The Labute approximate surface area is 190 Å². The summed E-state index contributed by atoms with van der Waals surface area (Å²) in [6, 6.07) is 3.55. The number of carbonyl (C=O) groups excluding carboxylic acids is 1. The first-order valence-corrected chi connectivity index (χ1v) is 11.5. The quantitative estimate of drug-likeness (QED) is 0.702. The molecule has 10 heteroatoms. The minimum absolute atomic E-state index is 0.00606. The van der Waals surface area contributed by atoms with Gasteiger partial charge in [0.05, 0.1) is 49.5 Å². The number of hydrogen-bond donors (Lipinski definition) is 2. The second kappa shape index (κ2) is 8.74. The molecule has 2 aromatic rings. The van der Waals surface area contributed by atoms with Gasteiger partial charge in [-0.05, 0) is 32.8 Å². The summed E-state index contributed by atoms with van der Waals surface area (Å²) in [6.07, 6.45) is 1.46. The Morgan fingerprint density at radius 3 is 2.44 bits per heavy atom. The third-order valence-electron chi connectivity index (χ3n) is 5.92. The van der Waals surface area contributed by atoms with Crippen LogP contribution in [-0.2, 0) is 9.53 Å². The third-order valence-corrected chi connectivity index (χ3v) is 7.17. The van der Waals surface area contributed by atoms with Gasteiger partial charge in [-0.25, -0.2) is 0 Å². The first-order valence-electron chi connectivity index (χ1n) is 10.5. The van der Waals surface area contributed by atoms with E-state index >= 15 is 0 Å². The highest BCUT2D eigenvalue weighted by Gasteiger charge is 2.37. The lowest BCUT2D eigenvalue weighted by Gasteiger charge is -2.36. The van der Waals surface area contributed by atoms with Gasteiger partial charge in [0.15, 0.2) is 11.5 Å². The molecule has 0 bridgehead atoms. The van der Waals surface area contributed by atoms with Crippen LogP contribution in [-0.4, -0.2) is 55.0 Å². The average molecular weight is 464 g/mol. The summed E-state index contributed by atoms with van der Waals surface area (Å²) in [4.78, 5) is 25.9. The number of anilines is 1. The predicted octanol–water partition coefficient (Wildman–Crippen LogP) is 3.11. The summed E-state index contributed by atoms with van der Waals surface area (Å²) in [6.45, 7) is 4.65. The van der Waals surface area contributed by atoms with Crippen LogP contribution >= 0.6 is 11.8 Å². The second-order valence-corrected chi connectivity index (χ2v) is 9.61. The van der Waals surface area contributed by atoms with E-state index in [2.05, 4.69) is 10.4 Å². The Balaban J connectivity index is 1.86. The van der Waals surface area contributed by atoms with Crippen molar-refractivity contribution in [3.05, 3.63) is 33.6 Å². The van der Waals surface area contributed by atoms with E-state index < -0.39 is 5.25 Å².